The van der Waals surface area contributed by atoms with Crippen LogP contribution in [-0.2, 0) is 20.9 Å². The highest BCUT2D eigenvalue weighted by Gasteiger charge is 2.32. The predicted octanol–water partition coefficient (Wildman–Crippen LogP) is 3.21. The second kappa shape index (κ2) is 9.83. The van der Waals surface area contributed by atoms with Gasteiger partial charge < -0.3 is 15.0 Å². The minimum Gasteiger partial charge on any atom is -0.452 e. The molecule has 0 unspecified atom stereocenters. The number of rotatable bonds is 7. The molecule has 1 N–H and O–H groups in total. The normalized spacial score (nSPS) is 16.6. The summed E-state index contributed by atoms with van der Waals surface area (Å²) in [6, 6.07) is 10.3. The van der Waals surface area contributed by atoms with Gasteiger partial charge in [-0.2, -0.15) is 0 Å². The van der Waals surface area contributed by atoms with Gasteiger partial charge in [0.25, 0.3) is 5.91 Å². The van der Waals surface area contributed by atoms with E-state index in [-0.39, 0.29) is 24.3 Å². The maximum atomic E-state index is 12.8. The molecule has 2 fully saturated rings. The monoisotopic (exact) mass is 455 g/mol. The molecule has 7 nitrogen and oxygen atoms in total. The first-order chi connectivity index (χ1) is 15.4. The topological polar surface area (TPSA) is 78.9 Å². The summed E-state index contributed by atoms with van der Waals surface area (Å²) >= 11 is 1.37. The summed E-state index contributed by atoms with van der Waals surface area (Å²) in [6.07, 6.45) is 1.78. The second-order valence-electron chi connectivity index (χ2n) is 8.47. The lowest BCUT2D eigenvalue weighted by Crippen LogP contribution is -2.49. The molecule has 1 aliphatic carbocycles. The van der Waals surface area contributed by atoms with Crippen LogP contribution < -0.4 is 5.32 Å². The molecule has 0 bridgehead atoms. The van der Waals surface area contributed by atoms with Gasteiger partial charge in [-0.3, -0.25) is 14.5 Å². The van der Waals surface area contributed by atoms with E-state index in [4.69, 9.17) is 4.74 Å². The molecular formula is C24H29N3O4S. The maximum Gasteiger partial charge on any atom is 0.341 e. The van der Waals surface area contributed by atoms with Crippen molar-refractivity contribution in [1.29, 1.82) is 0 Å². The molecule has 0 spiro atoms. The molecule has 1 aromatic heterocycles. The van der Waals surface area contributed by atoms with Crippen LogP contribution in [0.2, 0.25) is 0 Å². The Morgan fingerprint density at radius 1 is 1.06 bits per heavy atom. The Kier molecular flexibility index (Phi) is 6.91. The van der Waals surface area contributed by atoms with Crippen molar-refractivity contribution in [1.82, 2.24) is 9.80 Å². The number of amides is 2. The van der Waals surface area contributed by atoms with E-state index >= 15 is 0 Å². The van der Waals surface area contributed by atoms with Crippen molar-refractivity contribution in [2.45, 2.75) is 33.2 Å². The fourth-order valence-electron chi connectivity index (χ4n) is 3.81. The van der Waals surface area contributed by atoms with Gasteiger partial charge in [-0.1, -0.05) is 30.3 Å². The smallest absolute Gasteiger partial charge is 0.341 e. The number of hydrogen-bond acceptors (Lipinski definition) is 6. The number of hydrogen-bond donors (Lipinski definition) is 1. The van der Waals surface area contributed by atoms with Crippen LogP contribution in [0, 0.1) is 19.8 Å². The van der Waals surface area contributed by atoms with Crippen LogP contribution in [0.3, 0.4) is 0 Å². The number of nitrogens with one attached hydrogen (secondary N) is 1. The van der Waals surface area contributed by atoms with E-state index in [1.807, 2.05) is 32.0 Å². The lowest BCUT2D eigenvalue weighted by Gasteiger charge is -2.34. The molecular weight excluding hydrogens is 426 g/mol. The van der Waals surface area contributed by atoms with E-state index in [0.29, 0.717) is 23.7 Å². The molecule has 0 radical (unpaired) electrons. The Balaban J connectivity index is 1.28. The van der Waals surface area contributed by atoms with Gasteiger partial charge in [0, 0.05) is 43.5 Å². The van der Waals surface area contributed by atoms with Gasteiger partial charge >= 0.3 is 5.97 Å². The molecule has 1 aromatic carbocycles. The number of piperazine rings is 1. The molecule has 8 heteroatoms. The minimum atomic E-state index is -0.561. The average molecular weight is 456 g/mol. The molecule has 1 saturated heterocycles. The summed E-state index contributed by atoms with van der Waals surface area (Å²) in [6.45, 7) is 7.12. The number of thiophene rings is 1. The zero-order valence-corrected chi connectivity index (χ0v) is 19.4. The van der Waals surface area contributed by atoms with E-state index in [9.17, 15) is 14.4 Å². The van der Waals surface area contributed by atoms with E-state index in [1.54, 1.807) is 4.90 Å². The lowest BCUT2D eigenvalue weighted by atomic mass is 10.1. The third kappa shape index (κ3) is 5.37. The summed E-state index contributed by atoms with van der Waals surface area (Å²) in [4.78, 5) is 42.6. The highest BCUT2D eigenvalue weighted by atomic mass is 32.1. The van der Waals surface area contributed by atoms with Crippen LogP contribution in [0.4, 0.5) is 5.00 Å². The third-order valence-electron chi connectivity index (χ3n) is 6.08. The summed E-state index contributed by atoms with van der Waals surface area (Å²) in [7, 11) is 0. The summed E-state index contributed by atoms with van der Waals surface area (Å²) in [5, 5.41) is 3.39. The van der Waals surface area contributed by atoms with Crippen molar-refractivity contribution >= 4 is 34.1 Å². The van der Waals surface area contributed by atoms with Gasteiger partial charge in [-0.05, 0) is 37.8 Å². The Morgan fingerprint density at radius 2 is 1.75 bits per heavy atom. The van der Waals surface area contributed by atoms with Crippen LogP contribution in [-0.4, -0.2) is 60.4 Å². The fourth-order valence-corrected chi connectivity index (χ4v) is 4.86. The number of esters is 1. The number of aryl methyl sites for hydroxylation is 1. The van der Waals surface area contributed by atoms with Crippen molar-refractivity contribution in [3.05, 3.63) is 51.9 Å². The molecule has 1 aliphatic heterocycles. The van der Waals surface area contributed by atoms with Gasteiger partial charge in [0.1, 0.15) is 5.00 Å². The molecule has 1 saturated carbocycles. The van der Waals surface area contributed by atoms with Gasteiger partial charge in [0.2, 0.25) is 5.91 Å². The quantitative estimate of drug-likeness (QED) is 0.649. The summed E-state index contributed by atoms with van der Waals surface area (Å²) in [5.41, 5.74) is 2.40. The van der Waals surface area contributed by atoms with Gasteiger partial charge in [-0.15, -0.1) is 11.3 Å². The number of nitrogens with zero attached hydrogens (tertiary/aromatic N) is 2. The van der Waals surface area contributed by atoms with Crippen LogP contribution in [0.15, 0.2) is 30.3 Å². The Bertz CT molecular complexity index is 992. The minimum absolute atomic E-state index is 0.0451. The molecule has 4 rings (SSSR count). The lowest BCUT2D eigenvalue weighted by molar-refractivity contribution is -0.136. The van der Waals surface area contributed by atoms with E-state index in [0.717, 1.165) is 42.9 Å². The van der Waals surface area contributed by atoms with Gasteiger partial charge in [-0.25, -0.2) is 4.79 Å². The van der Waals surface area contributed by atoms with Gasteiger partial charge in [0.15, 0.2) is 6.61 Å². The van der Waals surface area contributed by atoms with Crippen molar-refractivity contribution in [2.75, 3.05) is 38.1 Å². The molecule has 2 aliphatic rings. The number of ether oxygens (including phenoxy) is 1. The van der Waals surface area contributed by atoms with Crippen molar-refractivity contribution in [3.63, 3.8) is 0 Å². The summed E-state index contributed by atoms with van der Waals surface area (Å²) < 4.78 is 5.37. The zero-order chi connectivity index (χ0) is 22.7. The molecule has 2 heterocycles. The number of anilines is 1. The van der Waals surface area contributed by atoms with Crippen LogP contribution in [0.1, 0.15) is 39.2 Å². The first-order valence-corrected chi connectivity index (χ1v) is 11.9. The van der Waals surface area contributed by atoms with Crippen LogP contribution in [0.5, 0.6) is 0 Å². The van der Waals surface area contributed by atoms with Gasteiger partial charge in [0.05, 0.1) is 5.56 Å². The highest BCUT2D eigenvalue weighted by molar-refractivity contribution is 7.16. The summed E-state index contributed by atoms with van der Waals surface area (Å²) in [5.74, 6) is -0.756. The predicted molar refractivity (Wildman–Crippen MR) is 124 cm³/mol. The van der Waals surface area contributed by atoms with Crippen LogP contribution >= 0.6 is 11.3 Å². The SMILES string of the molecule is Cc1sc(NC(=O)C2CC2)c(C(=O)OCC(=O)N2CCN(Cc3ccccc3)CC2)c1C. The molecule has 170 valence electrons. The van der Waals surface area contributed by atoms with Crippen LogP contribution in [0.25, 0.3) is 0 Å². The Labute approximate surface area is 192 Å². The molecule has 32 heavy (non-hydrogen) atoms. The van der Waals surface area contributed by atoms with Crippen molar-refractivity contribution < 1.29 is 19.1 Å². The molecule has 0 atom stereocenters. The van der Waals surface area contributed by atoms with Crippen molar-refractivity contribution in [3.8, 4) is 0 Å². The third-order valence-corrected chi connectivity index (χ3v) is 7.20. The Hall–Kier alpha value is -2.71. The first kappa shape index (κ1) is 22.5. The first-order valence-electron chi connectivity index (χ1n) is 11.0. The van der Waals surface area contributed by atoms with E-state index in [1.165, 1.54) is 16.9 Å². The fraction of sp³-hybridized carbons (Fsp3) is 0.458. The standard InChI is InChI=1S/C24H29N3O4S/c1-16-17(2)32-23(25-22(29)19-8-9-19)21(16)24(30)31-15-20(28)27-12-10-26(11-13-27)14-18-6-4-3-5-7-18/h3-7,19H,8-15H2,1-2H3,(H,25,29). The highest BCUT2D eigenvalue weighted by Crippen LogP contribution is 2.36. The zero-order valence-electron chi connectivity index (χ0n) is 18.6. The molecule has 2 aromatic rings. The second-order valence-corrected chi connectivity index (χ2v) is 9.69. The maximum absolute atomic E-state index is 12.8. The van der Waals surface area contributed by atoms with E-state index < -0.39 is 5.97 Å². The molecule has 2 amide bonds. The average Bonchev–Trinajstić information content (AvgIpc) is 3.60. The van der Waals surface area contributed by atoms with E-state index in [2.05, 4.69) is 22.3 Å². The number of carbonyl (C=O) groups excluding carboxylic acids is 3. The largest absolute Gasteiger partial charge is 0.452 e. The number of carbonyl (C=O) groups is 3. The number of benzene rings is 1. The van der Waals surface area contributed by atoms with Crippen molar-refractivity contribution in [2.24, 2.45) is 5.92 Å². The Morgan fingerprint density at radius 3 is 2.41 bits per heavy atom.